The molecule has 2 N–H and O–H groups in total. The first kappa shape index (κ1) is 17.0. The second-order valence-corrected chi connectivity index (χ2v) is 6.40. The quantitative estimate of drug-likeness (QED) is 0.900. The van der Waals surface area contributed by atoms with E-state index in [0.29, 0.717) is 5.92 Å². The minimum absolute atomic E-state index is 0. The normalized spacial score (nSPS) is 18.4. The third-order valence-corrected chi connectivity index (χ3v) is 3.73. The topological polar surface area (TPSA) is 41.1 Å². The molecular weight excluding hydrogens is 272 g/mol. The lowest BCUT2D eigenvalue weighted by Crippen LogP contribution is -2.30. The van der Waals surface area contributed by atoms with E-state index >= 15 is 0 Å². The minimum Gasteiger partial charge on any atom is -0.352 e. The Labute approximate surface area is 127 Å². The summed E-state index contributed by atoms with van der Waals surface area (Å²) in [4.78, 5) is 12.0. The summed E-state index contributed by atoms with van der Waals surface area (Å²) < 4.78 is 0. The van der Waals surface area contributed by atoms with Gasteiger partial charge in [0, 0.05) is 12.1 Å². The van der Waals surface area contributed by atoms with Crippen molar-refractivity contribution in [3.8, 4) is 0 Å². The fraction of sp³-hybridized carbons (Fsp3) is 0.562. The zero-order valence-corrected chi connectivity index (χ0v) is 13.3. The third-order valence-electron chi connectivity index (χ3n) is 3.73. The van der Waals surface area contributed by atoms with Gasteiger partial charge < -0.3 is 10.6 Å². The van der Waals surface area contributed by atoms with Crippen LogP contribution in [0, 0.1) is 5.92 Å². The van der Waals surface area contributed by atoms with Crippen LogP contribution < -0.4 is 10.6 Å². The van der Waals surface area contributed by atoms with Crippen molar-refractivity contribution >= 4 is 18.3 Å². The van der Waals surface area contributed by atoms with E-state index in [-0.39, 0.29) is 23.7 Å². The lowest BCUT2D eigenvalue weighted by atomic mass is 9.87. The number of carbonyl (C=O) groups is 1. The van der Waals surface area contributed by atoms with E-state index < -0.39 is 0 Å². The predicted octanol–water partition coefficient (Wildman–Crippen LogP) is 2.75. The molecule has 3 nitrogen and oxygen atoms in total. The molecule has 1 saturated heterocycles. The number of benzene rings is 1. The summed E-state index contributed by atoms with van der Waals surface area (Å²) in [6.07, 6.45) is 1.16. The fourth-order valence-electron chi connectivity index (χ4n) is 2.35. The number of nitrogens with one attached hydrogen (secondary N) is 2. The first-order valence-electron chi connectivity index (χ1n) is 7.06. The Morgan fingerprint density at radius 1 is 1.30 bits per heavy atom. The Morgan fingerprint density at radius 3 is 2.45 bits per heavy atom. The molecule has 0 bridgehead atoms. The van der Waals surface area contributed by atoms with Gasteiger partial charge >= 0.3 is 0 Å². The highest BCUT2D eigenvalue weighted by Crippen LogP contribution is 2.22. The van der Waals surface area contributed by atoms with Gasteiger partial charge in [-0.05, 0) is 48.5 Å². The average Bonchev–Trinajstić information content (AvgIpc) is 2.88. The van der Waals surface area contributed by atoms with Gasteiger partial charge in [-0.2, -0.15) is 0 Å². The number of hydrogen-bond acceptors (Lipinski definition) is 2. The molecule has 1 aromatic carbocycles. The van der Waals surface area contributed by atoms with Crippen LogP contribution in [-0.2, 0) is 5.41 Å². The Bertz CT molecular complexity index is 431. The molecule has 1 unspecified atom stereocenters. The van der Waals surface area contributed by atoms with Crippen LogP contribution in [0.25, 0.3) is 0 Å². The summed E-state index contributed by atoms with van der Waals surface area (Å²) in [7, 11) is 0. The van der Waals surface area contributed by atoms with E-state index in [9.17, 15) is 4.79 Å². The van der Waals surface area contributed by atoms with Crippen LogP contribution in [0.5, 0.6) is 0 Å². The van der Waals surface area contributed by atoms with Crippen LogP contribution in [0.2, 0.25) is 0 Å². The van der Waals surface area contributed by atoms with Crippen molar-refractivity contribution < 1.29 is 4.79 Å². The fourth-order valence-corrected chi connectivity index (χ4v) is 2.35. The van der Waals surface area contributed by atoms with Crippen molar-refractivity contribution in [3.63, 3.8) is 0 Å². The summed E-state index contributed by atoms with van der Waals surface area (Å²) in [5.41, 5.74) is 2.13. The Balaban J connectivity index is 0.00000200. The first-order chi connectivity index (χ1) is 8.97. The molecule has 1 aromatic rings. The summed E-state index contributed by atoms with van der Waals surface area (Å²) in [5, 5.41) is 6.33. The first-order valence-corrected chi connectivity index (χ1v) is 7.06. The Hall–Kier alpha value is -1.06. The van der Waals surface area contributed by atoms with E-state index in [1.54, 1.807) is 0 Å². The summed E-state index contributed by atoms with van der Waals surface area (Å²) >= 11 is 0. The second kappa shape index (κ2) is 7.09. The molecule has 2 rings (SSSR count). The van der Waals surface area contributed by atoms with Crippen molar-refractivity contribution in [2.45, 2.75) is 32.6 Å². The average molecular weight is 297 g/mol. The Kier molecular flexibility index (Phi) is 6.03. The molecule has 20 heavy (non-hydrogen) atoms. The van der Waals surface area contributed by atoms with E-state index in [1.165, 1.54) is 5.56 Å². The number of carbonyl (C=O) groups excluding carboxylic acids is 1. The maximum absolute atomic E-state index is 12.0. The highest BCUT2D eigenvalue weighted by Gasteiger charge is 2.17. The standard InChI is InChI=1S/C16H24N2O.ClH/c1-16(2,3)14-6-4-13(5-7-14)15(19)18-11-12-8-9-17-10-12;/h4-7,12,17H,8-11H2,1-3H3,(H,18,19);1H. The number of rotatable bonds is 3. The van der Waals surface area contributed by atoms with Crippen LogP contribution in [0.15, 0.2) is 24.3 Å². The summed E-state index contributed by atoms with van der Waals surface area (Å²) in [6.45, 7) is 9.39. The molecule has 1 fully saturated rings. The van der Waals surface area contributed by atoms with Crippen LogP contribution in [0.1, 0.15) is 43.1 Å². The van der Waals surface area contributed by atoms with Gasteiger partial charge in [0.2, 0.25) is 0 Å². The lowest BCUT2D eigenvalue weighted by molar-refractivity contribution is 0.0948. The second-order valence-electron chi connectivity index (χ2n) is 6.40. The molecule has 112 valence electrons. The summed E-state index contributed by atoms with van der Waals surface area (Å²) in [6, 6.07) is 7.93. The van der Waals surface area contributed by atoms with Gasteiger partial charge in [-0.25, -0.2) is 0 Å². The highest BCUT2D eigenvalue weighted by atomic mass is 35.5. The molecule has 0 spiro atoms. The van der Waals surface area contributed by atoms with Crippen LogP contribution in [-0.4, -0.2) is 25.5 Å². The van der Waals surface area contributed by atoms with Crippen LogP contribution in [0.4, 0.5) is 0 Å². The van der Waals surface area contributed by atoms with E-state index in [1.807, 2.05) is 24.3 Å². The van der Waals surface area contributed by atoms with Gasteiger partial charge in [0.05, 0.1) is 0 Å². The molecule has 1 amide bonds. The van der Waals surface area contributed by atoms with E-state index in [0.717, 1.165) is 31.6 Å². The van der Waals surface area contributed by atoms with Gasteiger partial charge in [0.1, 0.15) is 0 Å². The lowest BCUT2D eigenvalue weighted by Gasteiger charge is -2.19. The summed E-state index contributed by atoms with van der Waals surface area (Å²) in [5.74, 6) is 0.616. The van der Waals surface area contributed by atoms with Crippen molar-refractivity contribution in [2.24, 2.45) is 5.92 Å². The maximum atomic E-state index is 12.0. The number of amides is 1. The third kappa shape index (κ3) is 4.50. The monoisotopic (exact) mass is 296 g/mol. The maximum Gasteiger partial charge on any atom is 0.251 e. The van der Waals surface area contributed by atoms with Crippen LogP contribution >= 0.6 is 12.4 Å². The molecule has 1 aliphatic heterocycles. The molecule has 1 atom stereocenters. The largest absolute Gasteiger partial charge is 0.352 e. The zero-order chi connectivity index (χ0) is 13.9. The van der Waals surface area contributed by atoms with Crippen molar-refractivity contribution in [1.82, 2.24) is 10.6 Å². The van der Waals surface area contributed by atoms with Gasteiger partial charge in [0.25, 0.3) is 5.91 Å². The van der Waals surface area contributed by atoms with Gasteiger partial charge in [-0.3, -0.25) is 4.79 Å². The predicted molar refractivity (Wildman–Crippen MR) is 85.7 cm³/mol. The molecule has 1 aliphatic rings. The molecule has 4 heteroatoms. The number of hydrogen-bond donors (Lipinski definition) is 2. The van der Waals surface area contributed by atoms with Crippen molar-refractivity contribution in [2.75, 3.05) is 19.6 Å². The van der Waals surface area contributed by atoms with Gasteiger partial charge in [-0.15, -0.1) is 12.4 Å². The van der Waals surface area contributed by atoms with Gasteiger partial charge in [-0.1, -0.05) is 32.9 Å². The van der Waals surface area contributed by atoms with Crippen molar-refractivity contribution in [3.05, 3.63) is 35.4 Å². The number of halogens is 1. The zero-order valence-electron chi connectivity index (χ0n) is 12.5. The molecular formula is C16H25ClN2O. The minimum atomic E-state index is 0. The van der Waals surface area contributed by atoms with Gasteiger partial charge in [0.15, 0.2) is 0 Å². The highest BCUT2D eigenvalue weighted by molar-refractivity contribution is 5.94. The smallest absolute Gasteiger partial charge is 0.251 e. The van der Waals surface area contributed by atoms with E-state index in [2.05, 4.69) is 31.4 Å². The Morgan fingerprint density at radius 2 is 1.95 bits per heavy atom. The molecule has 0 radical (unpaired) electrons. The molecule has 0 saturated carbocycles. The van der Waals surface area contributed by atoms with Crippen molar-refractivity contribution in [1.29, 1.82) is 0 Å². The SMILES string of the molecule is CC(C)(C)c1ccc(C(=O)NCC2CCNC2)cc1.Cl. The molecule has 0 aromatic heterocycles. The van der Waals surface area contributed by atoms with E-state index in [4.69, 9.17) is 0 Å². The van der Waals surface area contributed by atoms with Crippen LogP contribution in [0.3, 0.4) is 0 Å². The molecule has 0 aliphatic carbocycles. The molecule has 1 heterocycles.